The van der Waals surface area contributed by atoms with Crippen LogP contribution in [0.3, 0.4) is 0 Å². The number of hydrogen-bond acceptors (Lipinski definition) is 4. The summed E-state index contributed by atoms with van der Waals surface area (Å²) in [5.74, 6) is 1.82. The largest absolute Gasteiger partial charge is 0.456 e. The second kappa shape index (κ2) is 13.0. The first kappa shape index (κ1) is 31.9. The van der Waals surface area contributed by atoms with Crippen molar-refractivity contribution < 1.29 is 4.42 Å². The Bertz CT molecular complexity index is 3180. The maximum Gasteiger partial charge on any atom is 0.166 e. The average molecular weight is 717 g/mol. The molecule has 0 atom stereocenters. The molecular formula is C51H32N4O. The van der Waals surface area contributed by atoms with E-state index in [1.807, 2.05) is 48.5 Å². The van der Waals surface area contributed by atoms with Crippen LogP contribution in [0.1, 0.15) is 0 Å². The van der Waals surface area contributed by atoms with Crippen molar-refractivity contribution in [3.05, 3.63) is 194 Å². The lowest BCUT2D eigenvalue weighted by Gasteiger charge is -2.17. The summed E-state index contributed by atoms with van der Waals surface area (Å²) in [6.07, 6.45) is 0. The monoisotopic (exact) mass is 716 g/mol. The number of benzene rings is 8. The molecule has 3 aromatic heterocycles. The van der Waals surface area contributed by atoms with E-state index in [-0.39, 0.29) is 0 Å². The molecule has 0 amide bonds. The van der Waals surface area contributed by atoms with Crippen molar-refractivity contribution in [2.24, 2.45) is 0 Å². The third-order valence-electron chi connectivity index (χ3n) is 10.7. The van der Waals surface area contributed by atoms with Crippen LogP contribution in [0, 0.1) is 0 Å². The van der Waals surface area contributed by atoms with E-state index < -0.39 is 0 Å². The van der Waals surface area contributed by atoms with Crippen molar-refractivity contribution >= 4 is 43.7 Å². The topological polar surface area (TPSA) is 56.7 Å². The maximum atomic E-state index is 6.40. The van der Waals surface area contributed by atoms with Crippen molar-refractivity contribution in [1.29, 1.82) is 0 Å². The van der Waals surface area contributed by atoms with E-state index >= 15 is 0 Å². The Hall–Kier alpha value is -7.63. The molecule has 0 aliphatic carbocycles. The van der Waals surface area contributed by atoms with E-state index in [1.54, 1.807) is 0 Å². The van der Waals surface area contributed by atoms with Gasteiger partial charge in [0.15, 0.2) is 17.5 Å². The first-order chi connectivity index (χ1) is 27.8. The Labute approximate surface area is 322 Å². The van der Waals surface area contributed by atoms with Crippen molar-refractivity contribution in [1.82, 2.24) is 19.5 Å². The van der Waals surface area contributed by atoms with E-state index in [2.05, 4.69) is 150 Å². The third-order valence-corrected chi connectivity index (χ3v) is 10.7. The van der Waals surface area contributed by atoms with Gasteiger partial charge in [-0.15, -0.1) is 0 Å². The minimum Gasteiger partial charge on any atom is -0.456 e. The Morgan fingerprint density at radius 2 is 0.875 bits per heavy atom. The van der Waals surface area contributed by atoms with E-state index in [9.17, 15) is 0 Å². The van der Waals surface area contributed by atoms with E-state index in [0.717, 1.165) is 88.4 Å². The molecule has 5 heteroatoms. The highest BCUT2D eigenvalue weighted by molar-refractivity contribution is 6.17. The van der Waals surface area contributed by atoms with Gasteiger partial charge in [-0.1, -0.05) is 158 Å². The summed E-state index contributed by atoms with van der Waals surface area (Å²) in [6, 6.07) is 67.5. The maximum absolute atomic E-state index is 6.40. The average Bonchev–Trinajstić information content (AvgIpc) is 3.81. The van der Waals surface area contributed by atoms with E-state index in [4.69, 9.17) is 19.4 Å². The number of nitrogens with zero attached hydrogens (tertiary/aromatic N) is 4. The first-order valence-corrected chi connectivity index (χ1v) is 18.8. The number of aromatic nitrogens is 4. The molecule has 0 N–H and O–H groups in total. The van der Waals surface area contributed by atoms with Crippen molar-refractivity contribution in [2.75, 3.05) is 0 Å². The molecule has 262 valence electrons. The third kappa shape index (κ3) is 5.29. The van der Waals surface area contributed by atoms with Crippen LogP contribution in [0.2, 0.25) is 0 Å². The highest BCUT2D eigenvalue weighted by Gasteiger charge is 2.22. The zero-order valence-electron chi connectivity index (χ0n) is 30.2. The van der Waals surface area contributed by atoms with Gasteiger partial charge in [0.05, 0.1) is 16.7 Å². The van der Waals surface area contributed by atoms with Crippen LogP contribution < -0.4 is 0 Å². The van der Waals surface area contributed by atoms with Gasteiger partial charge in [-0.2, -0.15) is 0 Å². The quantitative estimate of drug-likeness (QED) is 0.172. The lowest BCUT2D eigenvalue weighted by molar-refractivity contribution is 0.669. The Morgan fingerprint density at radius 3 is 1.57 bits per heavy atom. The highest BCUT2D eigenvalue weighted by Crippen LogP contribution is 2.42. The molecule has 0 unspecified atom stereocenters. The van der Waals surface area contributed by atoms with E-state index in [1.165, 1.54) is 0 Å². The summed E-state index contributed by atoms with van der Waals surface area (Å²) in [5.41, 5.74) is 12.1. The van der Waals surface area contributed by atoms with Crippen LogP contribution in [-0.4, -0.2) is 19.5 Å². The second-order valence-electron chi connectivity index (χ2n) is 14.0. The molecule has 3 heterocycles. The normalized spacial score (nSPS) is 11.6. The molecule has 0 radical (unpaired) electrons. The summed E-state index contributed by atoms with van der Waals surface area (Å²) in [6.45, 7) is 0. The molecule has 0 aliphatic heterocycles. The molecule has 56 heavy (non-hydrogen) atoms. The molecule has 0 saturated heterocycles. The minimum absolute atomic E-state index is 0.590. The van der Waals surface area contributed by atoms with Gasteiger partial charge in [-0.25, -0.2) is 15.0 Å². The lowest BCUT2D eigenvalue weighted by atomic mass is 9.93. The van der Waals surface area contributed by atoms with Crippen LogP contribution in [-0.2, 0) is 0 Å². The number of hydrogen-bond donors (Lipinski definition) is 0. The summed E-state index contributed by atoms with van der Waals surface area (Å²) in [4.78, 5) is 15.6. The molecule has 5 nitrogen and oxygen atoms in total. The standard InChI is InChI=1S/C51H32N4O/c1-4-16-33(17-5-1)37-22-10-11-23-38(37)36-28-29-45(43(30-36)51-53-49(34-18-6-2-7-19-34)52-50(54-51)35-20-8-3-9-21-35)55-44-26-14-12-24-39(44)41-32-48-42(31-46(41)55)40-25-13-15-27-47(40)56-48/h1-32H. The fourth-order valence-corrected chi connectivity index (χ4v) is 8.06. The van der Waals surface area contributed by atoms with Gasteiger partial charge in [0.25, 0.3) is 0 Å². The summed E-state index contributed by atoms with van der Waals surface area (Å²) >= 11 is 0. The van der Waals surface area contributed by atoms with Crippen molar-refractivity contribution in [3.63, 3.8) is 0 Å². The first-order valence-electron chi connectivity index (χ1n) is 18.8. The zero-order chi connectivity index (χ0) is 37.0. The van der Waals surface area contributed by atoms with Crippen molar-refractivity contribution in [3.8, 4) is 62.1 Å². The van der Waals surface area contributed by atoms with Crippen LogP contribution in [0.5, 0.6) is 0 Å². The SMILES string of the molecule is c1ccc(-c2nc(-c3ccccc3)nc(-c3cc(-c4ccccc4-c4ccccc4)ccc3-n3c4ccccc4c4cc5oc6ccccc6c5cc43)n2)cc1. The molecule has 11 aromatic rings. The molecule has 0 fully saturated rings. The predicted octanol–water partition coefficient (Wildman–Crippen LogP) is 13.2. The minimum atomic E-state index is 0.590. The van der Waals surface area contributed by atoms with Gasteiger partial charge in [0.1, 0.15) is 11.2 Å². The van der Waals surface area contributed by atoms with Gasteiger partial charge in [0.2, 0.25) is 0 Å². The Balaban J connectivity index is 1.24. The molecule has 0 saturated carbocycles. The van der Waals surface area contributed by atoms with Gasteiger partial charge >= 0.3 is 0 Å². The van der Waals surface area contributed by atoms with Crippen LogP contribution in [0.4, 0.5) is 0 Å². The molecule has 0 bridgehead atoms. The summed E-state index contributed by atoms with van der Waals surface area (Å²) < 4.78 is 8.77. The van der Waals surface area contributed by atoms with Crippen LogP contribution in [0.15, 0.2) is 199 Å². The fraction of sp³-hybridized carbons (Fsp3) is 0. The lowest BCUT2D eigenvalue weighted by Crippen LogP contribution is -2.04. The molecule has 0 spiro atoms. The van der Waals surface area contributed by atoms with Crippen LogP contribution in [0.25, 0.3) is 106 Å². The van der Waals surface area contributed by atoms with Gasteiger partial charge in [0, 0.05) is 38.2 Å². The molecule has 11 rings (SSSR count). The van der Waals surface area contributed by atoms with E-state index in [0.29, 0.717) is 17.5 Å². The number of para-hydroxylation sites is 2. The number of rotatable bonds is 6. The predicted molar refractivity (Wildman–Crippen MR) is 229 cm³/mol. The van der Waals surface area contributed by atoms with Gasteiger partial charge in [-0.05, 0) is 58.7 Å². The second-order valence-corrected chi connectivity index (χ2v) is 14.0. The number of furan rings is 1. The smallest absolute Gasteiger partial charge is 0.166 e. The molecule has 8 aromatic carbocycles. The molecular weight excluding hydrogens is 685 g/mol. The van der Waals surface area contributed by atoms with Gasteiger partial charge < -0.3 is 8.98 Å². The summed E-state index contributed by atoms with van der Waals surface area (Å²) in [7, 11) is 0. The molecule has 0 aliphatic rings. The zero-order valence-corrected chi connectivity index (χ0v) is 30.2. The summed E-state index contributed by atoms with van der Waals surface area (Å²) in [5, 5.41) is 4.42. The number of fused-ring (bicyclic) bond motifs is 6. The Morgan fingerprint density at radius 1 is 0.321 bits per heavy atom. The Kier molecular flexibility index (Phi) is 7.42. The highest BCUT2D eigenvalue weighted by atomic mass is 16.3. The fourth-order valence-electron chi connectivity index (χ4n) is 8.06. The van der Waals surface area contributed by atoms with Gasteiger partial charge in [-0.3, -0.25) is 0 Å². The van der Waals surface area contributed by atoms with Crippen molar-refractivity contribution in [2.45, 2.75) is 0 Å². The van der Waals surface area contributed by atoms with Crippen LogP contribution >= 0.6 is 0 Å².